The van der Waals surface area contributed by atoms with Crippen LogP contribution >= 0.6 is 0 Å². The maximum Gasteiger partial charge on any atom is 0.179 e. The van der Waals surface area contributed by atoms with Crippen LogP contribution in [0, 0.1) is 6.92 Å². The first kappa shape index (κ1) is 10.9. The van der Waals surface area contributed by atoms with Gasteiger partial charge in [-0.3, -0.25) is 4.79 Å². The van der Waals surface area contributed by atoms with Crippen LogP contribution in [-0.4, -0.2) is 18.4 Å². The number of nitrogens with one attached hydrogen (secondary N) is 1. The largest absolute Gasteiger partial charge is 0.308 e. The average Bonchev–Trinajstić information content (AvgIpc) is 2.18. The summed E-state index contributed by atoms with van der Waals surface area (Å²) >= 11 is 0. The molecule has 0 saturated carbocycles. The standard InChI is InChI=1S/C12H17NO/c1-4-13-10(3)12(14)11-7-5-9(2)6-8-11/h5-8,10,13H,4H2,1-3H3. The van der Waals surface area contributed by atoms with Crippen LogP contribution in [0.2, 0.25) is 0 Å². The minimum Gasteiger partial charge on any atom is -0.308 e. The van der Waals surface area contributed by atoms with Gasteiger partial charge in [-0.05, 0) is 20.4 Å². The van der Waals surface area contributed by atoms with Crippen molar-refractivity contribution in [3.05, 3.63) is 35.4 Å². The Hall–Kier alpha value is -1.15. The summed E-state index contributed by atoms with van der Waals surface area (Å²) < 4.78 is 0. The minimum atomic E-state index is -0.0947. The van der Waals surface area contributed by atoms with E-state index < -0.39 is 0 Å². The lowest BCUT2D eigenvalue weighted by Crippen LogP contribution is -2.33. The topological polar surface area (TPSA) is 29.1 Å². The van der Waals surface area contributed by atoms with Crippen LogP contribution in [0.5, 0.6) is 0 Å². The van der Waals surface area contributed by atoms with Crippen LogP contribution in [0.3, 0.4) is 0 Å². The number of carbonyl (C=O) groups excluding carboxylic acids is 1. The van der Waals surface area contributed by atoms with E-state index in [1.54, 1.807) is 0 Å². The lowest BCUT2D eigenvalue weighted by Gasteiger charge is -2.10. The molecule has 2 nitrogen and oxygen atoms in total. The second-order valence-electron chi connectivity index (χ2n) is 3.51. The number of ketones is 1. The first-order chi connectivity index (χ1) is 6.65. The molecule has 0 heterocycles. The maximum atomic E-state index is 11.8. The molecule has 0 aliphatic rings. The van der Waals surface area contributed by atoms with Gasteiger partial charge in [-0.2, -0.15) is 0 Å². The zero-order valence-electron chi connectivity index (χ0n) is 9.00. The Labute approximate surface area is 85.3 Å². The van der Waals surface area contributed by atoms with Gasteiger partial charge in [0.1, 0.15) is 0 Å². The van der Waals surface area contributed by atoms with E-state index in [0.29, 0.717) is 0 Å². The Morgan fingerprint density at radius 2 is 1.93 bits per heavy atom. The average molecular weight is 191 g/mol. The summed E-state index contributed by atoms with van der Waals surface area (Å²) in [6.45, 7) is 6.73. The van der Waals surface area contributed by atoms with Crippen molar-refractivity contribution in [1.82, 2.24) is 5.32 Å². The Kier molecular flexibility index (Phi) is 3.84. The molecule has 76 valence electrons. The summed E-state index contributed by atoms with van der Waals surface area (Å²) in [5, 5.41) is 3.11. The molecule has 0 fully saturated rings. The fourth-order valence-corrected chi connectivity index (χ4v) is 1.37. The SMILES string of the molecule is CCNC(C)C(=O)c1ccc(C)cc1. The maximum absolute atomic E-state index is 11.8. The minimum absolute atomic E-state index is 0.0947. The number of benzene rings is 1. The van der Waals surface area contributed by atoms with Crippen molar-refractivity contribution in [1.29, 1.82) is 0 Å². The van der Waals surface area contributed by atoms with Crippen molar-refractivity contribution in [3.63, 3.8) is 0 Å². The molecule has 0 radical (unpaired) electrons. The molecule has 0 aliphatic heterocycles. The zero-order valence-corrected chi connectivity index (χ0v) is 9.00. The van der Waals surface area contributed by atoms with Gasteiger partial charge in [0.05, 0.1) is 6.04 Å². The van der Waals surface area contributed by atoms with E-state index in [1.807, 2.05) is 45.0 Å². The van der Waals surface area contributed by atoms with E-state index in [2.05, 4.69) is 5.32 Å². The molecule has 0 spiro atoms. The molecule has 1 rings (SSSR count). The number of rotatable bonds is 4. The molecular weight excluding hydrogens is 174 g/mol. The summed E-state index contributed by atoms with van der Waals surface area (Å²) in [5.41, 5.74) is 1.96. The van der Waals surface area contributed by atoms with Crippen LogP contribution in [0.25, 0.3) is 0 Å². The molecule has 1 unspecified atom stereocenters. The van der Waals surface area contributed by atoms with Crippen LogP contribution in [0.1, 0.15) is 29.8 Å². The number of aryl methyl sites for hydroxylation is 1. The smallest absolute Gasteiger partial charge is 0.179 e. The van der Waals surface area contributed by atoms with E-state index in [0.717, 1.165) is 12.1 Å². The van der Waals surface area contributed by atoms with Crippen molar-refractivity contribution in [2.24, 2.45) is 0 Å². The van der Waals surface area contributed by atoms with Crippen LogP contribution in [0.15, 0.2) is 24.3 Å². The lowest BCUT2D eigenvalue weighted by atomic mass is 10.0. The molecule has 1 aromatic rings. The van der Waals surface area contributed by atoms with Gasteiger partial charge >= 0.3 is 0 Å². The summed E-state index contributed by atoms with van der Waals surface area (Å²) in [6, 6.07) is 7.59. The third kappa shape index (κ3) is 2.67. The van der Waals surface area contributed by atoms with Gasteiger partial charge < -0.3 is 5.32 Å². The number of carbonyl (C=O) groups is 1. The van der Waals surface area contributed by atoms with E-state index in [9.17, 15) is 4.79 Å². The first-order valence-corrected chi connectivity index (χ1v) is 4.99. The van der Waals surface area contributed by atoms with Crippen LogP contribution in [0.4, 0.5) is 0 Å². The van der Waals surface area contributed by atoms with Crippen LogP contribution < -0.4 is 5.32 Å². The predicted molar refractivity (Wildman–Crippen MR) is 58.6 cm³/mol. The second-order valence-corrected chi connectivity index (χ2v) is 3.51. The van der Waals surface area contributed by atoms with Gasteiger partial charge in [-0.15, -0.1) is 0 Å². The Bertz CT molecular complexity index is 303. The molecule has 0 bridgehead atoms. The molecule has 0 amide bonds. The molecule has 1 aromatic carbocycles. The van der Waals surface area contributed by atoms with Crippen molar-refractivity contribution in [2.75, 3.05) is 6.54 Å². The van der Waals surface area contributed by atoms with Crippen LogP contribution in [-0.2, 0) is 0 Å². The van der Waals surface area contributed by atoms with E-state index >= 15 is 0 Å². The van der Waals surface area contributed by atoms with Gasteiger partial charge in [-0.1, -0.05) is 36.8 Å². The van der Waals surface area contributed by atoms with Crippen molar-refractivity contribution < 1.29 is 4.79 Å². The molecule has 0 aliphatic carbocycles. The summed E-state index contributed by atoms with van der Waals surface area (Å²) in [7, 11) is 0. The van der Waals surface area contributed by atoms with Gasteiger partial charge in [0, 0.05) is 5.56 Å². The molecular formula is C12H17NO. The van der Waals surface area contributed by atoms with E-state index in [4.69, 9.17) is 0 Å². The fraction of sp³-hybridized carbons (Fsp3) is 0.417. The highest BCUT2D eigenvalue weighted by molar-refractivity contribution is 5.99. The van der Waals surface area contributed by atoms with Gasteiger partial charge in [0.2, 0.25) is 0 Å². The van der Waals surface area contributed by atoms with Gasteiger partial charge in [-0.25, -0.2) is 0 Å². The van der Waals surface area contributed by atoms with E-state index in [-0.39, 0.29) is 11.8 Å². The quantitative estimate of drug-likeness (QED) is 0.739. The Balaban J connectivity index is 2.74. The highest BCUT2D eigenvalue weighted by Gasteiger charge is 2.12. The highest BCUT2D eigenvalue weighted by atomic mass is 16.1. The Morgan fingerprint density at radius 1 is 1.36 bits per heavy atom. The van der Waals surface area contributed by atoms with Crippen molar-refractivity contribution in [3.8, 4) is 0 Å². The third-order valence-electron chi connectivity index (χ3n) is 2.24. The monoisotopic (exact) mass is 191 g/mol. The molecule has 0 saturated heterocycles. The normalized spacial score (nSPS) is 12.5. The van der Waals surface area contributed by atoms with E-state index in [1.165, 1.54) is 5.56 Å². The summed E-state index contributed by atoms with van der Waals surface area (Å²) in [4.78, 5) is 11.8. The van der Waals surface area contributed by atoms with Gasteiger partial charge in [0.15, 0.2) is 5.78 Å². The predicted octanol–water partition coefficient (Wildman–Crippen LogP) is 2.18. The first-order valence-electron chi connectivity index (χ1n) is 4.99. The molecule has 0 aromatic heterocycles. The van der Waals surface area contributed by atoms with Crippen molar-refractivity contribution >= 4 is 5.78 Å². The van der Waals surface area contributed by atoms with Crippen molar-refractivity contribution in [2.45, 2.75) is 26.8 Å². The zero-order chi connectivity index (χ0) is 10.6. The summed E-state index contributed by atoms with van der Waals surface area (Å²) in [5.74, 6) is 0.159. The third-order valence-corrected chi connectivity index (χ3v) is 2.24. The number of Topliss-reactive ketones (excluding diaryl/α,β-unsaturated/α-hetero) is 1. The number of likely N-dealkylation sites (N-methyl/N-ethyl adjacent to an activating group) is 1. The lowest BCUT2D eigenvalue weighted by molar-refractivity contribution is 0.0952. The molecule has 2 heteroatoms. The summed E-state index contributed by atoms with van der Waals surface area (Å²) in [6.07, 6.45) is 0. The molecule has 1 N–H and O–H groups in total. The molecule has 14 heavy (non-hydrogen) atoms. The number of hydrogen-bond acceptors (Lipinski definition) is 2. The molecule has 1 atom stereocenters. The Morgan fingerprint density at radius 3 is 2.43 bits per heavy atom. The number of hydrogen-bond donors (Lipinski definition) is 1. The highest BCUT2D eigenvalue weighted by Crippen LogP contribution is 2.06. The second kappa shape index (κ2) is 4.91. The van der Waals surface area contributed by atoms with Gasteiger partial charge in [0.25, 0.3) is 0 Å². The fourth-order valence-electron chi connectivity index (χ4n) is 1.37.